The average Bonchev–Trinajstić information content (AvgIpc) is 2.60. The van der Waals surface area contributed by atoms with Crippen molar-refractivity contribution in [2.24, 2.45) is 0 Å². The minimum Gasteiger partial charge on any atom is -0.494 e. The molecule has 0 aliphatic carbocycles. The van der Waals surface area contributed by atoms with E-state index >= 15 is 0 Å². The number of hydrogen-bond acceptors (Lipinski definition) is 6. The summed E-state index contributed by atoms with van der Waals surface area (Å²) in [6, 6.07) is 10.2. The molecule has 0 spiro atoms. The first-order chi connectivity index (χ1) is 11.6. The molecule has 0 aliphatic rings. The standard InChI is InChI=1S/C16H13N3O5/c1-23-10-8-11(24-2)15(19(21)22)14-13(10)17-12(16(20)18-14)9-6-4-3-5-7-9/h3-8H,1-2H3,(H,18,20). The maximum absolute atomic E-state index is 12.4. The normalized spacial score (nSPS) is 10.6. The Kier molecular flexibility index (Phi) is 3.87. The molecule has 0 saturated heterocycles. The monoisotopic (exact) mass is 327 g/mol. The zero-order chi connectivity index (χ0) is 17.3. The molecule has 1 heterocycles. The van der Waals surface area contributed by atoms with Crippen molar-refractivity contribution in [1.29, 1.82) is 0 Å². The largest absolute Gasteiger partial charge is 0.494 e. The molecule has 0 atom stereocenters. The number of aromatic amines is 1. The van der Waals surface area contributed by atoms with Crippen molar-refractivity contribution in [2.75, 3.05) is 14.2 Å². The van der Waals surface area contributed by atoms with Gasteiger partial charge >= 0.3 is 5.69 Å². The average molecular weight is 327 g/mol. The number of H-pyrrole nitrogens is 1. The number of rotatable bonds is 4. The summed E-state index contributed by atoms with van der Waals surface area (Å²) in [4.78, 5) is 30.0. The Morgan fingerprint density at radius 1 is 1.12 bits per heavy atom. The molecule has 1 aromatic heterocycles. The lowest BCUT2D eigenvalue weighted by molar-refractivity contribution is -0.384. The van der Waals surface area contributed by atoms with Crippen LogP contribution in [0.15, 0.2) is 41.2 Å². The zero-order valence-corrected chi connectivity index (χ0v) is 12.9. The number of benzene rings is 2. The number of aromatic nitrogens is 2. The van der Waals surface area contributed by atoms with Crippen LogP contribution in [0.1, 0.15) is 0 Å². The predicted molar refractivity (Wildman–Crippen MR) is 87.6 cm³/mol. The topological polar surface area (TPSA) is 107 Å². The van der Waals surface area contributed by atoms with Gasteiger partial charge in [-0.05, 0) is 0 Å². The number of nitro benzene ring substituents is 1. The van der Waals surface area contributed by atoms with Gasteiger partial charge in [0, 0.05) is 11.6 Å². The molecule has 1 N–H and O–H groups in total. The van der Waals surface area contributed by atoms with Crippen molar-refractivity contribution in [3.63, 3.8) is 0 Å². The second kappa shape index (κ2) is 5.99. The molecule has 8 heteroatoms. The number of nitro groups is 1. The Bertz CT molecular complexity index is 982. The second-order valence-corrected chi connectivity index (χ2v) is 4.89. The van der Waals surface area contributed by atoms with Crippen LogP contribution in [-0.4, -0.2) is 29.1 Å². The molecule has 0 aliphatic heterocycles. The van der Waals surface area contributed by atoms with Crippen molar-refractivity contribution < 1.29 is 14.4 Å². The van der Waals surface area contributed by atoms with Crippen LogP contribution in [0, 0.1) is 10.1 Å². The Hall–Kier alpha value is -3.42. The third-order valence-electron chi connectivity index (χ3n) is 3.55. The van der Waals surface area contributed by atoms with Gasteiger partial charge in [0.1, 0.15) is 11.2 Å². The van der Waals surface area contributed by atoms with E-state index in [-0.39, 0.29) is 33.9 Å². The van der Waals surface area contributed by atoms with Gasteiger partial charge in [0.15, 0.2) is 11.3 Å². The van der Waals surface area contributed by atoms with Crippen LogP contribution in [0.25, 0.3) is 22.3 Å². The highest BCUT2D eigenvalue weighted by Crippen LogP contribution is 2.39. The highest BCUT2D eigenvalue weighted by molar-refractivity contribution is 5.93. The first kappa shape index (κ1) is 15.5. The predicted octanol–water partition coefficient (Wildman–Crippen LogP) is 2.52. The van der Waals surface area contributed by atoms with E-state index in [1.807, 2.05) is 6.07 Å². The van der Waals surface area contributed by atoms with E-state index in [0.717, 1.165) is 0 Å². The summed E-state index contributed by atoms with van der Waals surface area (Å²) in [5.41, 5.74) is -0.00371. The molecule has 0 fully saturated rings. The molecule has 3 aromatic rings. The van der Waals surface area contributed by atoms with E-state index < -0.39 is 10.5 Å². The third-order valence-corrected chi connectivity index (χ3v) is 3.55. The van der Waals surface area contributed by atoms with Crippen LogP contribution >= 0.6 is 0 Å². The summed E-state index contributed by atoms with van der Waals surface area (Å²) in [5, 5.41) is 11.4. The summed E-state index contributed by atoms with van der Waals surface area (Å²) < 4.78 is 10.3. The Morgan fingerprint density at radius 2 is 1.79 bits per heavy atom. The molecule has 0 amide bonds. The van der Waals surface area contributed by atoms with Crippen LogP contribution in [-0.2, 0) is 0 Å². The minimum atomic E-state index is -0.625. The summed E-state index contributed by atoms with van der Waals surface area (Å²) in [5.74, 6) is 0.246. The molecule has 122 valence electrons. The van der Waals surface area contributed by atoms with Crippen LogP contribution in [0.3, 0.4) is 0 Å². The van der Waals surface area contributed by atoms with Crippen molar-refractivity contribution in [3.05, 3.63) is 56.9 Å². The SMILES string of the molecule is COc1cc(OC)c2nc(-c3ccccc3)c(=O)[nH]c2c1[N+](=O)[O-]. The molecule has 0 unspecified atom stereocenters. The van der Waals surface area contributed by atoms with Gasteiger partial charge in [-0.15, -0.1) is 0 Å². The molecule has 2 aromatic carbocycles. The van der Waals surface area contributed by atoms with Gasteiger partial charge in [-0.3, -0.25) is 14.9 Å². The first-order valence-corrected chi connectivity index (χ1v) is 6.95. The van der Waals surface area contributed by atoms with Crippen molar-refractivity contribution in [3.8, 4) is 22.8 Å². The maximum atomic E-state index is 12.4. The Morgan fingerprint density at radius 3 is 2.38 bits per heavy atom. The maximum Gasteiger partial charge on any atom is 0.336 e. The number of methoxy groups -OCH3 is 2. The lowest BCUT2D eigenvalue weighted by Gasteiger charge is -2.10. The highest BCUT2D eigenvalue weighted by Gasteiger charge is 2.25. The van der Waals surface area contributed by atoms with Gasteiger partial charge in [0.25, 0.3) is 5.56 Å². The summed E-state index contributed by atoms with van der Waals surface area (Å²) in [6.45, 7) is 0. The van der Waals surface area contributed by atoms with Crippen LogP contribution in [0.5, 0.6) is 11.5 Å². The molecular weight excluding hydrogens is 314 g/mol. The summed E-state index contributed by atoms with van der Waals surface area (Å²) >= 11 is 0. The van der Waals surface area contributed by atoms with E-state index in [9.17, 15) is 14.9 Å². The highest BCUT2D eigenvalue weighted by atomic mass is 16.6. The van der Waals surface area contributed by atoms with Gasteiger partial charge < -0.3 is 14.5 Å². The van der Waals surface area contributed by atoms with Crippen molar-refractivity contribution >= 4 is 16.7 Å². The molecule has 0 radical (unpaired) electrons. The zero-order valence-electron chi connectivity index (χ0n) is 12.9. The fourth-order valence-electron chi connectivity index (χ4n) is 2.46. The molecule has 3 rings (SSSR count). The molecule has 0 bridgehead atoms. The summed E-state index contributed by atoms with van der Waals surface area (Å²) in [6.07, 6.45) is 0. The molecule has 0 saturated carbocycles. The first-order valence-electron chi connectivity index (χ1n) is 6.95. The van der Waals surface area contributed by atoms with Gasteiger partial charge in [0.2, 0.25) is 5.75 Å². The third kappa shape index (κ3) is 2.43. The van der Waals surface area contributed by atoms with E-state index in [1.165, 1.54) is 20.3 Å². The molecule has 8 nitrogen and oxygen atoms in total. The van der Waals surface area contributed by atoms with Gasteiger partial charge in [-0.25, -0.2) is 4.98 Å². The number of hydrogen-bond donors (Lipinski definition) is 1. The second-order valence-electron chi connectivity index (χ2n) is 4.89. The van der Waals surface area contributed by atoms with Crippen molar-refractivity contribution in [1.82, 2.24) is 9.97 Å². The lowest BCUT2D eigenvalue weighted by Crippen LogP contribution is -2.13. The van der Waals surface area contributed by atoms with Gasteiger partial charge in [0.05, 0.1) is 19.1 Å². The molecular formula is C16H13N3O5. The van der Waals surface area contributed by atoms with Crippen molar-refractivity contribution in [2.45, 2.75) is 0 Å². The lowest BCUT2D eigenvalue weighted by atomic mass is 10.1. The minimum absolute atomic E-state index is 0.0192. The number of nitrogens with zero attached hydrogens (tertiary/aromatic N) is 2. The van der Waals surface area contributed by atoms with Crippen LogP contribution in [0.2, 0.25) is 0 Å². The smallest absolute Gasteiger partial charge is 0.336 e. The fourth-order valence-corrected chi connectivity index (χ4v) is 2.46. The number of fused-ring (bicyclic) bond motifs is 1. The Labute approximate surface area is 135 Å². The number of nitrogens with one attached hydrogen (secondary N) is 1. The van der Waals surface area contributed by atoms with Crippen LogP contribution in [0.4, 0.5) is 5.69 Å². The number of ether oxygens (including phenoxy) is 2. The van der Waals surface area contributed by atoms with E-state index in [2.05, 4.69) is 9.97 Å². The van der Waals surface area contributed by atoms with Crippen LogP contribution < -0.4 is 15.0 Å². The van der Waals surface area contributed by atoms with E-state index in [4.69, 9.17) is 9.47 Å². The Balaban J connectivity index is 2.42. The summed E-state index contributed by atoms with van der Waals surface area (Å²) in [7, 11) is 2.71. The van der Waals surface area contributed by atoms with E-state index in [0.29, 0.717) is 5.56 Å². The quantitative estimate of drug-likeness (QED) is 0.583. The van der Waals surface area contributed by atoms with Gasteiger partial charge in [-0.2, -0.15) is 0 Å². The van der Waals surface area contributed by atoms with E-state index in [1.54, 1.807) is 24.3 Å². The van der Waals surface area contributed by atoms with Gasteiger partial charge in [-0.1, -0.05) is 30.3 Å². The fraction of sp³-hybridized carbons (Fsp3) is 0.125. The molecule has 24 heavy (non-hydrogen) atoms.